The summed E-state index contributed by atoms with van der Waals surface area (Å²) in [4.78, 5) is 10.4. The summed E-state index contributed by atoms with van der Waals surface area (Å²) in [6.45, 7) is 0. The van der Waals surface area contributed by atoms with Gasteiger partial charge in [0.15, 0.2) is 5.76 Å². The smallest absolute Gasteiger partial charge is 0.472 e. The van der Waals surface area contributed by atoms with Gasteiger partial charge >= 0.3 is 18.7 Å². The van der Waals surface area contributed by atoms with Gasteiger partial charge in [-0.15, -0.1) is 13.2 Å². The van der Waals surface area contributed by atoms with Gasteiger partial charge in [0.1, 0.15) is 11.5 Å². The first-order chi connectivity index (χ1) is 10.5. The minimum Gasteiger partial charge on any atom is -0.472 e. The van der Waals surface area contributed by atoms with Crippen LogP contribution < -0.4 is 9.47 Å². The highest BCUT2D eigenvalue weighted by molar-refractivity contribution is 5.67. The van der Waals surface area contributed by atoms with Crippen molar-refractivity contribution in [3.05, 3.63) is 29.5 Å². The molecule has 0 saturated heterocycles. The van der Waals surface area contributed by atoms with Gasteiger partial charge in [0.05, 0.1) is 0 Å². The summed E-state index contributed by atoms with van der Waals surface area (Å²) >= 11 is 0. The second kappa shape index (κ2) is 5.56. The van der Waals surface area contributed by atoms with Gasteiger partial charge in [-0.3, -0.25) is 0 Å². The Hall–Kier alpha value is -2.59. The highest BCUT2D eigenvalue weighted by Gasteiger charge is 2.48. The molecule has 1 aromatic rings. The van der Waals surface area contributed by atoms with Gasteiger partial charge < -0.3 is 19.3 Å². The Labute approximate surface area is 123 Å². The Bertz CT molecular complexity index is 648. The minimum absolute atomic E-state index is 0.261. The van der Waals surface area contributed by atoms with Crippen LogP contribution in [-0.4, -0.2) is 29.9 Å². The molecule has 0 saturated carbocycles. The number of carboxylic acid groups (broad SMARTS) is 1. The molecule has 23 heavy (non-hydrogen) atoms. The van der Waals surface area contributed by atoms with Gasteiger partial charge in [0, 0.05) is 5.56 Å². The Balaban J connectivity index is 2.40. The van der Waals surface area contributed by atoms with Crippen LogP contribution in [0.2, 0.25) is 0 Å². The molecule has 0 spiro atoms. The molecule has 1 N–H and O–H groups in total. The lowest BCUT2D eigenvalue weighted by Crippen LogP contribution is -2.39. The predicted octanol–water partition coefficient (Wildman–Crippen LogP) is 3.94. The molecule has 0 amide bonds. The fourth-order valence-corrected chi connectivity index (χ4v) is 1.77. The number of hydrogen-bond donors (Lipinski definition) is 1. The summed E-state index contributed by atoms with van der Waals surface area (Å²) in [6.07, 6.45) is -14.1. The lowest BCUT2D eigenvalue weighted by Gasteiger charge is -2.27. The highest BCUT2D eigenvalue weighted by atomic mass is 19.4. The van der Waals surface area contributed by atoms with Gasteiger partial charge in [0.25, 0.3) is 6.10 Å². The molecule has 126 valence electrons. The third-order valence-corrected chi connectivity index (χ3v) is 2.52. The maximum Gasteiger partial charge on any atom is 0.573 e. The number of benzene rings is 1. The molecule has 0 fully saturated rings. The van der Waals surface area contributed by atoms with E-state index in [0.29, 0.717) is 6.08 Å². The Morgan fingerprint density at radius 1 is 1.17 bits per heavy atom. The van der Waals surface area contributed by atoms with Crippen molar-refractivity contribution in [3.63, 3.8) is 0 Å². The summed E-state index contributed by atoms with van der Waals surface area (Å²) in [5.41, 5.74) is -0.261. The third kappa shape index (κ3) is 4.20. The second-order valence-corrected chi connectivity index (χ2v) is 4.20. The van der Waals surface area contributed by atoms with Crippen LogP contribution >= 0.6 is 0 Å². The number of fused-ring (bicyclic) bond motifs is 1. The van der Waals surface area contributed by atoms with Crippen LogP contribution in [0, 0.1) is 0 Å². The van der Waals surface area contributed by atoms with Crippen LogP contribution in [0.5, 0.6) is 11.5 Å². The average molecular weight is 344 g/mol. The van der Waals surface area contributed by atoms with Crippen molar-refractivity contribution in [1.29, 1.82) is 0 Å². The van der Waals surface area contributed by atoms with Crippen molar-refractivity contribution in [1.82, 2.24) is 0 Å². The first-order valence-corrected chi connectivity index (χ1v) is 5.71. The monoisotopic (exact) mass is 344 g/mol. The molecule has 11 heteroatoms. The van der Waals surface area contributed by atoms with E-state index in [9.17, 15) is 31.1 Å². The molecule has 0 radical (unpaired) electrons. The summed E-state index contributed by atoms with van der Waals surface area (Å²) in [6, 6.07) is 2.33. The maximum atomic E-state index is 12.8. The van der Waals surface area contributed by atoms with E-state index in [0.717, 1.165) is 18.2 Å². The number of hydrogen-bond acceptors (Lipinski definition) is 4. The van der Waals surface area contributed by atoms with Crippen molar-refractivity contribution in [3.8, 4) is 11.5 Å². The number of alkyl halides is 6. The Morgan fingerprint density at radius 3 is 2.35 bits per heavy atom. The zero-order valence-electron chi connectivity index (χ0n) is 10.7. The van der Waals surface area contributed by atoms with E-state index < -0.39 is 42.1 Å². The van der Waals surface area contributed by atoms with Crippen LogP contribution in [-0.2, 0) is 4.74 Å². The van der Waals surface area contributed by atoms with Crippen molar-refractivity contribution < 1.29 is 50.5 Å². The fourth-order valence-electron chi connectivity index (χ4n) is 1.77. The van der Waals surface area contributed by atoms with Crippen molar-refractivity contribution in [2.24, 2.45) is 0 Å². The first-order valence-electron chi connectivity index (χ1n) is 5.71. The predicted molar refractivity (Wildman–Crippen MR) is 60.7 cm³/mol. The van der Waals surface area contributed by atoms with Crippen molar-refractivity contribution in [2.75, 3.05) is 0 Å². The van der Waals surface area contributed by atoms with Crippen LogP contribution in [0.15, 0.2) is 24.0 Å². The van der Waals surface area contributed by atoms with E-state index in [1.165, 1.54) is 0 Å². The first kappa shape index (κ1) is 16.8. The van der Waals surface area contributed by atoms with Gasteiger partial charge in [-0.1, -0.05) is 0 Å². The van der Waals surface area contributed by atoms with E-state index in [4.69, 9.17) is 5.11 Å². The quantitative estimate of drug-likeness (QED) is 0.650. The maximum absolute atomic E-state index is 12.8. The van der Waals surface area contributed by atoms with Gasteiger partial charge in [-0.25, -0.2) is 4.79 Å². The van der Waals surface area contributed by atoms with Crippen LogP contribution in [0.3, 0.4) is 0 Å². The van der Waals surface area contributed by atoms with E-state index >= 15 is 0 Å². The number of rotatable bonds is 2. The van der Waals surface area contributed by atoms with Crippen LogP contribution in [0.4, 0.5) is 31.1 Å². The molecule has 0 bridgehead atoms. The van der Waals surface area contributed by atoms with Crippen LogP contribution in [0.25, 0.3) is 6.08 Å². The molecule has 1 heterocycles. The third-order valence-electron chi connectivity index (χ3n) is 2.52. The standard InChI is InChI=1S/C12H6F6O5/c13-11(14,15)9-8(22-10(19)20)4-5-3-6(23-12(16,17)18)1-2-7(5)21-9/h1-4,9H,(H,19,20). The van der Waals surface area contributed by atoms with E-state index in [2.05, 4.69) is 14.2 Å². The molecule has 1 aromatic carbocycles. The highest BCUT2D eigenvalue weighted by Crippen LogP contribution is 2.39. The molecule has 1 aliphatic heterocycles. The zero-order valence-corrected chi connectivity index (χ0v) is 10.7. The largest absolute Gasteiger partial charge is 0.573 e. The number of halogens is 6. The SMILES string of the molecule is O=C(O)OC1=Cc2cc(OC(F)(F)F)ccc2OC1C(F)(F)F. The van der Waals surface area contributed by atoms with E-state index in [-0.39, 0.29) is 5.56 Å². The molecule has 2 rings (SSSR count). The topological polar surface area (TPSA) is 65.0 Å². The Morgan fingerprint density at radius 2 is 1.83 bits per heavy atom. The van der Waals surface area contributed by atoms with E-state index in [1.807, 2.05) is 0 Å². The molecule has 1 atom stereocenters. The Kier molecular flexibility index (Phi) is 4.05. The van der Waals surface area contributed by atoms with Gasteiger partial charge in [0.2, 0.25) is 0 Å². The lowest BCUT2D eigenvalue weighted by molar-refractivity contribution is -0.274. The molecule has 0 aliphatic carbocycles. The molecule has 1 aliphatic rings. The van der Waals surface area contributed by atoms with Crippen molar-refractivity contribution >= 4 is 12.2 Å². The molecule has 5 nitrogen and oxygen atoms in total. The van der Waals surface area contributed by atoms with Crippen LogP contribution in [0.1, 0.15) is 5.56 Å². The molecular formula is C12H6F6O5. The second-order valence-electron chi connectivity index (χ2n) is 4.20. The fraction of sp³-hybridized carbons (Fsp3) is 0.250. The minimum atomic E-state index is -5.00. The summed E-state index contributed by atoms with van der Waals surface area (Å²) < 4.78 is 87.0. The van der Waals surface area contributed by atoms with E-state index in [1.54, 1.807) is 0 Å². The van der Waals surface area contributed by atoms with Crippen molar-refractivity contribution in [2.45, 2.75) is 18.6 Å². The van der Waals surface area contributed by atoms with Gasteiger partial charge in [-0.05, 0) is 24.3 Å². The molecule has 1 unspecified atom stereocenters. The molecular weight excluding hydrogens is 338 g/mol. The molecule has 0 aromatic heterocycles. The summed E-state index contributed by atoms with van der Waals surface area (Å²) in [7, 11) is 0. The number of ether oxygens (including phenoxy) is 3. The lowest BCUT2D eigenvalue weighted by atomic mass is 10.1. The normalized spacial score (nSPS) is 17.7. The number of carbonyl (C=O) groups is 1. The summed E-state index contributed by atoms with van der Waals surface area (Å²) in [5.74, 6) is -2.24. The van der Waals surface area contributed by atoms with Gasteiger partial charge in [-0.2, -0.15) is 13.2 Å². The zero-order chi connectivity index (χ0) is 17.4. The average Bonchev–Trinajstić information content (AvgIpc) is 2.33. The summed E-state index contributed by atoms with van der Waals surface area (Å²) in [5, 5.41) is 8.45.